The maximum Gasteiger partial charge on any atom is 0.222 e. The molecule has 44 valence electrons. The van der Waals surface area contributed by atoms with E-state index in [0.29, 0.717) is 0 Å². The van der Waals surface area contributed by atoms with E-state index < -0.39 is 0 Å². The van der Waals surface area contributed by atoms with Crippen molar-refractivity contribution in [1.29, 1.82) is 0 Å². The highest BCUT2D eigenvalue weighted by Gasteiger charge is 2.08. The van der Waals surface area contributed by atoms with Crippen LogP contribution in [0.2, 0.25) is 0 Å². The summed E-state index contributed by atoms with van der Waals surface area (Å²) in [5.41, 5.74) is 0. The summed E-state index contributed by atoms with van der Waals surface area (Å²) in [6.45, 7) is 1.46. The molecule has 0 aliphatic carbocycles. The molecular weight excluding hydrogens is 104 g/mol. The highest BCUT2D eigenvalue weighted by molar-refractivity contribution is 4.89. The Morgan fingerprint density at radius 1 is 1.38 bits per heavy atom. The lowest BCUT2D eigenvalue weighted by atomic mass is 10.4. The molecule has 0 aromatic heterocycles. The molecule has 0 unspecified atom stereocenters. The fourth-order valence-electron chi connectivity index (χ4n) is 0.584. The Morgan fingerprint density at radius 3 is 2.38 bits per heavy atom. The second-order valence-electron chi connectivity index (χ2n) is 1.59. The number of ether oxygens (including phenoxy) is 2. The van der Waals surface area contributed by atoms with Crippen LogP contribution >= 0.6 is 0 Å². The first-order valence-corrected chi connectivity index (χ1v) is 2.63. The molecule has 2 nitrogen and oxygen atoms in total. The monoisotopic (exact) mass is 112 g/mol. The van der Waals surface area contributed by atoms with Crippen LogP contribution in [0.3, 0.4) is 0 Å². The van der Waals surface area contributed by atoms with Crippen LogP contribution in [0.25, 0.3) is 0 Å². The lowest BCUT2D eigenvalue weighted by Crippen LogP contribution is -2.22. The Labute approximate surface area is 48.8 Å². The summed E-state index contributed by atoms with van der Waals surface area (Å²) in [4.78, 5) is 0. The Hall–Kier alpha value is -0.520. The van der Waals surface area contributed by atoms with Crippen molar-refractivity contribution in [2.75, 3.05) is 13.2 Å². The van der Waals surface area contributed by atoms with Crippen LogP contribution in [-0.2, 0) is 9.47 Å². The summed E-state index contributed by atoms with van der Waals surface area (Å²) in [5.74, 6) is 2.36. The molecule has 0 spiro atoms. The van der Waals surface area contributed by atoms with E-state index in [1.807, 2.05) is 0 Å². The summed E-state index contributed by atoms with van der Waals surface area (Å²) >= 11 is 0. The molecule has 2 heteroatoms. The van der Waals surface area contributed by atoms with Crippen molar-refractivity contribution in [3.8, 4) is 12.3 Å². The predicted octanol–water partition coefficient (Wildman–Crippen LogP) is 0.383. The van der Waals surface area contributed by atoms with Crippen molar-refractivity contribution in [1.82, 2.24) is 0 Å². The zero-order valence-corrected chi connectivity index (χ0v) is 4.59. The fraction of sp³-hybridized carbons (Fsp3) is 0.667. The Bertz CT molecular complexity index is 97.6. The van der Waals surface area contributed by atoms with E-state index in [9.17, 15) is 0 Å². The summed E-state index contributed by atoms with van der Waals surface area (Å²) in [5, 5.41) is 0. The van der Waals surface area contributed by atoms with E-state index in [1.165, 1.54) is 0 Å². The van der Waals surface area contributed by atoms with Crippen LogP contribution < -0.4 is 0 Å². The van der Waals surface area contributed by atoms with E-state index in [0.717, 1.165) is 19.6 Å². The highest BCUT2D eigenvalue weighted by atomic mass is 16.7. The molecule has 0 N–H and O–H groups in total. The van der Waals surface area contributed by atoms with Crippen molar-refractivity contribution in [3.63, 3.8) is 0 Å². The first kappa shape index (κ1) is 5.61. The predicted molar refractivity (Wildman–Crippen MR) is 29.1 cm³/mol. The lowest BCUT2D eigenvalue weighted by Gasteiger charge is -2.17. The van der Waals surface area contributed by atoms with E-state index in [4.69, 9.17) is 15.9 Å². The molecule has 1 heterocycles. The van der Waals surface area contributed by atoms with E-state index >= 15 is 0 Å². The van der Waals surface area contributed by atoms with E-state index in [2.05, 4.69) is 5.92 Å². The molecule has 0 amide bonds. The molecule has 1 aliphatic heterocycles. The third kappa shape index (κ3) is 1.22. The van der Waals surface area contributed by atoms with Crippen LogP contribution in [-0.4, -0.2) is 19.5 Å². The van der Waals surface area contributed by atoms with Gasteiger partial charge in [0.05, 0.1) is 13.2 Å². The molecule has 0 radical (unpaired) electrons. The zero-order chi connectivity index (χ0) is 5.82. The van der Waals surface area contributed by atoms with Crippen molar-refractivity contribution in [2.45, 2.75) is 12.7 Å². The van der Waals surface area contributed by atoms with Gasteiger partial charge in [-0.3, -0.25) is 0 Å². The van der Waals surface area contributed by atoms with Gasteiger partial charge >= 0.3 is 0 Å². The molecule has 1 saturated heterocycles. The van der Waals surface area contributed by atoms with Gasteiger partial charge in [0.25, 0.3) is 0 Å². The minimum Gasteiger partial charge on any atom is -0.342 e. The van der Waals surface area contributed by atoms with Crippen molar-refractivity contribution < 1.29 is 9.47 Å². The van der Waals surface area contributed by atoms with Crippen molar-refractivity contribution >= 4 is 0 Å². The largest absolute Gasteiger partial charge is 0.342 e. The number of terminal acetylenes is 1. The van der Waals surface area contributed by atoms with Gasteiger partial charge in [-0.15, -0.1) is 6.42 Å². The van der Waals surface area contributed by atoms with Gasteiger partial charge in [0.1, 0.15) is 0 Å². The van der Waals surface area contributed by atoms with Gasteiger partial charge in [0.15, 0.2) is 0 Å². The molecule has 0 aromatic rings. The molecule has 0 aromatic carbocycles. The van der Waals surface area contributed by atoms with Gasteiger partial charge in [-0.25, -0.2) is 0 Å². The molecule has 8 heavy (non-hydrogen) atoms. The maximum atomic E-state index is 5.00. The average molecular weight is 112 g/mol. The van der Waals surface area contributed by atoms with Crippen LogP contribution in [0.1, 0.15) is 6.42 Å². The summed E-state index contributed by atoms with van der Waals surface area (Å²) in [6, 6.07) is 0. The van der Waals surface area contributed by atoms with E-state index in [-0.39, 0.29) is 6.29 Å². The molecule has 1 rings (SSSR count). The second-order valence-corrected chi connectivity index (χ2v) is 1.59. The Morgan fingerprint density at radius 2 is 2.00 bits per heavy atom. The SMILES string of the molecule is C#CC1OCCCO1. The normalized spacial score (nSPS) is 22.4. The van der Waals surface area contributed by atoms with Crippen LogP contribution in [0, 0.1) is 12.3 Å². The molecule has 1 fully saturated rings. The van der Waals surface area contributed by atoms with Gasteiger partial charge in [0, 0.05) is 0 Å². The number of rotatable bonds is 0. The van der Waals surface area contributed by atoms with Crippen LogP contribution in [0.4, 0.5) is 0 Å². The third-order valence-electron chi connectivity index (χ3n) is 0.963. The quantitative estimate of drug-likeness (QED) is 0.422. The molecule has 0 saturated carbocycles. The highest BCUT2D eigenvalue weighted by Crippen LogP contribution is 2.01. The molecule has 0 bridgehead atoms. The smallest absolute Gasteiger partial charge is 0.222 e. The summed E-state index contributed by atoms with van der Waals surface area (Å²) < 4.78 is 9.94. The Kier molecular flexibility index (Phi) is 1.90. The molecule has 0 atom stereocenters. The number of hydrogen-bond donors (Lipinski definition) is 0. The van der Waals surface area contributed by atoms with Gasteiger partial charge in [-0.2, -0.15) is 0 Å². The first-order chi connectivity index (χ1) is 3.93. The summed E-state index contributed by atoms with van der Waals surface area (Å²) in [6.07, 6.45) is 5.57. The standard InChI is InChI=1S/C6H8O2/c1-2-6-7-4-3-5-8-6/h1,6H,3-5H2. The van der Waals surface area contributed by atoms with Gasteiger partial charge in [-0.1, -0.05) is 0 Å². The zero-order valence-electron chi connectivity index (χ0n) is 4.59. The summed E-state index contributed by atoms with van der Waals surface area (Å²) in [7, 11) is 0. The Balaban J connectivity index is 2.25. The van der Waals surface area contributed by atoms with Crippen LogP contribution in [0.5, 0.6) is 0 Å². The fourth-order valence-corrected chi connectivity index (χ4v) is 0.584. The lowest BCUT2D eigenvalue weighted by molar-refractivity contribution is -0.143. The molecular formula is C6H8O2. The van der Waals surface area contributed by atoms with Gasteiger partial charge in [-0.05, 0) is 12.3 Å². The second kappa shape index (κ2) is 2.71. The first-order valence-electron chi connectivity index (χ1n) is 2.63. The van der Waals surface area contributed by atoms with Crippen molar-refractivity contribution in [2.24, 2.45) is 0 Å². The third-order valence-corrected chi connectivity index (χ3v) is 0.963. The topological polar surface area (TPSA) is 18.5 Å². The van der Waals surface area contributed by atoms with E-state index in [1.54, 1.807) is 0 Å². The van der Waals surface area contributed by atoms with Gasteiger partial charge < -0.3 is 9.47 Å². The average Bonchev–Trinajstić information content (AvgIpc) is 1.90. The number of hydrogen-bond acceptors (Lipinski definition) is 2. The van der Waals surface area contributed by atoms with Crippen molar-refractivity contribution in [3.05, 3.63) is 0 Å². The van der Waals surface area contributed by atoms with Crippen LogP contribution in [0.15, 0.2) is 0 Å². The van der Waals surface area contributed by atoms with Gasteiger partial charge in [0.2, 0.25) is 6.29 Å². The minimum atomic E-state index is -0.385. The minimum absolute atomic E-state index is 0.385. The maximum absolute atomic E-state index is 5.00. The molecule has 1 aliphatic rings.